The highest BCUT2D eigenvalue weighted by Crippen LogP contribution is 2.25. The summed E-state index contributed by atoms with van der Waals surface area (Å²) in [6.45, 7) is 9.47. The Kier molecular flexibility index (Phi) is 9.01. The van der Waals surface area contributed by atoms with Crippen molar-refractivity contribution in [3.05, 3.63) is 0 Å². The Bertz CT molecular complexity index is 328. The Balaban J connectivity index is 4.69. The number of ether oxygens (including phenoxy) is 1. The van der Waals surface area contributed by atoms with Gasteiger partial charge >= 0.3 is 12.0 Å². The van der Waals surface area contributed by atoms with E-state index in [4.69, 9.17) is 4.74 Å². The topological polar surface area (TPSA) is 78.9 Å². The number of urea groups is 1. The molecule has 0 aromatic carbocycles. The fraction of sp³-hybridized carbons (Fsp3) is 0.867. The van der Waals surface area contributed by atoms with Crippen molar-refractivity contribution in [3.8, 4) is 0 Å². The van der Waals surface area contributed by atoms with Gasteiger partial charge in [0.15, 0.2) is 0 Å². The summed E-state index contributed by atoms with van der Waals surface area (Å²) >= 11 is 0. The third-order valence-corrected chi connectivity index (χ3v) is 3.82. The number of carboxylic acids is 1. The Morgan fingerprint density at radius 2 is 1.86 bits per heavy atom. The van der Waals surface area contributed by atoms with E-state index in [-0.39, 0.29) is 12.6 Å². The molecule has 2 amide bonds. The molecule has 0 aliphatic carbocycles. The molecule has 6 nitrogen and oxygen atoms in total. The molecule has 0 atom stereocenters. The molecule has 0 aromatic rings. The van der Waals surface area contributed by atoms with E-state index in [1.54, 1.807) is 12.0 Å². The lowest BCUT2D eigenvalue weighted by Crippen LogP contribution is -2.49. The second kappa shape index (κ2) is 9.60. The summed E-state index contributed by atoms with van der Waals surface area (Å²) in [5.41, 5.74) is -0.888. The van der Waals surface area contributed by atoms with Crippen LogP contribution in [0.1, 0.15) is 40.5 Å². The molecule has 2 N–H and O–H groups in total. The predicted molar refractivity (Wildman–Crippen MR) is 82.3 cm³/mol. The van der Waals surface area contributed by atoms with Gasteiger partial charge < -0.3 is 20.1 Å². The van der Waals surface area contributed by atoms with Crippen LogP contribution in [0.5, 0.6) is 0 Å². The zero-order valence-corrected chi connectivity index (χ0v) is 13.9. The Labute approximate surface area is 127 Å². The molecule has 0 saturated carbocycles. The van der Waals surface area contributed by atoms with E-state index in [0.717, 1.165) is 0 Å². The number of hydrogen-bond donors (Lipinski definition) is 2. The van der Waals surface area contributed by atoms with Gasteiger partial charge in [0.25, 0.3) is 0 Å². The zero-order chi connectivity index (χ0) is 16.5. The number of carbonyl (C=O) groups excluding carboxylic acids is 1. The van der Waals surface area contributed by atoms with Crippen molar-refractivity contribution in [2.24, 2.45) is 11.3 Å². The van der Waals surface area contributed by atoms with Gasteiger partial charge in [-0.15, -0.1) is 0 Å². The largest absolute Gasteiger partial charge is 0.481 e. The minimum atomic E-state index is -0.888. The van der Waals surface area contributed by atoms with E-state index in [2.05, 4.69) is 5.32 Å². The summed E-state index contributed by atoms with van der Waals surface area (Å²) in [4.78, 5) is 25.4. The number of methoxy groups -OCH3 is 1. The number of nitrogens with zero attached hydrogens (tertiary/aromatic N) is 1. The van der Waals surface area contributed by atoms with Gasteiger partial charge in [0, 0.05) is 26.7 Å². The molecule has 6 heteroatoms. The molecule has 0 fully saturated rings. The Morgan fingerprint density at radius 3 is 2.24 bits per heavy atom. The molecule has 0 saturated heterocycles. The van der Waals surface area contributed by atoms with Crippen molar-refractivity contribution in [2.45, 2.75) is 40.5 Å². The highest BCUT2D eigenvalue weighted by Gasteiger charge is 2.35. The molecule has 21 heavy (non-hydrogen) atoms. The number of carboxylic acid groups (broad SMARTS) is 1. The van der Waals surface area contributed by atoms with Crippen LogP contribution in [0.15, 0.2) is 0 Å². The summed E-state index contributed by atoms with van der Waals surface area (Å²) in [5, 5.41) is 12.1. The second-order valence-corrected chi connectivity index (χ2v) is 5.78. The van der Waals surface area contributed by atoms with E-state index < -0.39 is 11.4 Å². The van der Waals surface area contributed by atoms with Crippen molar-refractivity contribution < 1.29 is 19.4 Å². The van der Waals surface area contributed by atoms with Crippen LogP contribution in [-0.2, 0) is 9.53 Å². The van der Waals surface area contributed by atoms with Crippen LogP contribution in [0.3, 0.4) is 0 Å². The van der Waals surface area contributed by atoms with Gasteiger partial charge in [0.2, 0.25) is 0 Å². The van der Waals surface area contributed by atoms with Gasteiger partial charge in [0.05, 0.1) is 12.0 Å². The minimum Gasteiger partial charge on any atom is -0.481 e. The fourth-order valence-electron chi connectivity index (χ4n) is 2.15. The molecule has 0 radical (unpaired) electrons. The van der Waals surface area contributed by atoms with Crippen LogP contribution in [0.25, 0.3) is 0 Å². The van der Waals surface area contributed by atoms with E-state index in [1.807, 2.05) is 27.7 Å². The average molecular weight is 302 g/mol. The number of aliphatic carboxylic acids is 1. The number of rotatable bonds is 10. The van der Waals surface area contributed by atoms with Crippen LogP contribution < -0.4 is 5.32 Å². The molecule has 0 heterocycles. The van der Waals surface area contributed by atoms with Crippen molar-refractivity contribution >= 4 is 12.0 Å². The summed E-state index contributed by atoms with van der Waals surface area (Å²) in [7, 11) is 1.59. The molecule has 124 valence electrons. The highest BCUT2D eigenvalue weighted by atomic mass is 16.5. The third kappa shape index (κ3) is 6.33. The van der Waals surface area contributed by atoms with Crippen molar-refractivity contribution in [1.29, 1.82) is 0 Å². The highest BCUT2D eigenvalue weighted by molar-refractivity contribution is 5.78. The molecule has 0 aliphatic heterocycles. The fourth-order valence-corrected chi connectivity index (χ4v) is 2.15. The minimum absolute atomic E-state index is 0.149. The van der Waals surface area contributed by atoms with Gasteiger partial charge in [-0.25, -0.2) is 4.79 Å². The van der Waals surface area contributed by atoms with E-state index in [9.17, 15) is 14.7 Å². The molecule has 0 aromatic heterocycles. The lowest BCUT2D eigenvalue weighted by Gasteiger charge is -2.30. The number of carbonyl (C=O) groups is 2. The molecular formula is C15H30N2O4. The first-order valence-electron chi connectivity index (χ1n) is 7.58. The smallest absolute Gasteiger partial charge is 0.317 e. The molecular weight excluding hydrogens is 272 g/mol. The monoisotopic (exact) mass is 302 g/mol. The van der Waals surface area contributed by atoms with Gasteiger partial charge in [0.1, 0.15) is 0 Å². The summed E-state index contributed by atoms with van der Waals surface area (Å²) < 4.78 is 5.01. The average Bonchev–Trinajstić information content (AvgIpc) is 2.44. The first-order valence-corrected chi connectivity index (χ1v) is 7.58. The second-order valence-electron chi connectivity index (χ2n) is 5.78. The molecule has 0 aliphatic rings. The predicted octanol–water partition coefficient (Wildman–Crippen LogP) is 2.19. The molecule has 0 spiro atoms. The number of hydrogen-bond acceptors (Lipinski definition) is 3. The van der Waals surface area contributed by atoms with Crippen LogP contribution in [-0.4, -0.2) is 55.4 Å². The van der Waals surface area contributed by atoms with Crippen LogP contribution >= 0.6 is 0 Å². The molecule has 0 rings (SSSR count). The quantitative estimate of drug-likeness (QED) is 0.648. The van der Waals surface area contributed by atoms with Crippen molar-refractivity contribution in [1.82, 2.24) is 10.2 Å². The lowest BCUT2D eigenvalue weighted by atomic mass is 9.82. The van der Waals surface area contributed by atoms with Gasteiger partial charge in [-0.3, -0.25) is 4.79 Å². The summed E-state index contributed by atoms with van der Waals surface area (Å²) in [6, 6.07) is -0.228. The Hall–Kier alpha value is -1.30. The zero-order valence-electron chi connectivity index (χ0n) is 13.9. The molecule has 0 unspecified atom stereocenters. The van der Waals surface area contributed by atoms with E-state index >= 15 is 0 Å². The Morgan fingerprint density at radius 1 is 1.29 bits per heavy atom. The van der Waals surface area contributed by atoms with Gasteiger partial charge in [-0.1, -0.05) is 27.7 Å². The lowest BCUT2D eigenvalue weighted by molar-refractivity contribution is -0.149. The number of amides is 2. The van der Waals surface area contributed by atoms with E-state index in [1.165, 1.54) is 0 Å². The van der Waals surface area contributed by atoms with Crippen molar-refractivity contribution in [3.63, 3.8) is 0 Å². The first kappa shape index (κ1) is 19.7. The maximum absolute atomic E-state index is 12.3. The molecule has 0 bridgehead atoms. The number of nitrogens with one attached hydrogen (secondary N) is 1. The summed E-state index contributed by atoms with van der Waals surface area (Å²) in [6.07, 6.45) is 0.975. The van der Waals surface area contributed by atoms with Gasteiger partial charge in [-0.05, 0) is 18.8 Å². The first-order chi connectivity index (χ1) is 9.82. The van der Waals surface area contributed by atoms with Crippen LogP contribution in [0.4, 0.5) is 4.79 Å². The van der Waals surface area contributed by atoms with Crippen LogP contribution in [0.2, 0.25) is 0 Å². The van der Waals surface area contributed by atoms with Crippen LogP contribution in [0, 0.1) is 11.3 Å². The van der Waals surface area contributed by atoms with Gasteiger partial charge in [-0.2, -0.15) is 0 Å². The third-order valence-electron chi connectivity index (χ3n) is 3.82. The van der Waals surface area contributed by atoms with E-state index in [0.29, 0.717) is 38.5 Å². The SMILES string of the molecule is CCC(CC)(CNC(=O)N(CCOC)CC(C)C)C(=O)O. The standard InChI is InChI=1S/C15H30N2O4/c1-6-15(7-2,13(18)19)11-16-14(20)17(8-9-21-5)10-12(3)4/h12H,6-11H2,1-5H3,(H,16,20)(H,18,19). The maximum atomic E-state index is 12.3. The maximum Gasteiger partial charge on any atom is 0.317 e. The van der Waals surface area contributed by atoms with Crippen molar-refractivity contribution in [2.75, 3.05) is 33.4 Å². The summed E-state index contributed by atoms with van der Waals surface area (Å²) in [5.74, 6) is -0.519. The normalized spacial score (nSPS) is 11.5.